The van der Waals surface area contributed by atoms with E-state index in [4.69, 9.17) is 15.2 Å². The number of rotatable bonds is 4. The Morgan fingerprint density at radius 1 is 1.24 bits per heavy atom. The third kappa shape index (κ3) is 3.75. The summed E-state index contributed by atoms with van der Waals surface area (Å²) >= 11 is 0. The first kappa shape index (κ1) is 13.5. The molecule has 0 heterocycles. The summed E-state index contributed by atoms with van der Waals surface area (Å²) in [6.45, 7) is 6.08. The van der Waals surface area contributed by atoms with Gasteiger partial charge in [0.2, 0.25) is 12.2 Å². The summed E-state index contributed by atoms with van der Waals surface area (Å²) in [5, 5.41) is 0. The molecule has 0 bridgehead atoms. The van der Waals surface area contributed by atoms with E-state index in [9.17, 15) is 4.79 Å². The lowest BCUT2D eigenvalue weighted by Gasteiger charge is -2.29. The molecule has 0 aliphatic carbocycles. The Balaban J connectivity index is 2.78. The van der Waals surface area contributed by atoms with Gasteiger partial charge in [0.05, 0.1) is 0 Å². The maximum absolute atomic E-state index is 10.9. The average molecular weight is 237 g/mol. The largest absolute Gasteiger partial charge is 0.464 e. The van der Waals surface area contributed by atoms with Gasteiger partial charge in [-0.1, -0.05) is 20.8 Å². The minimum Gasteiger partial charge on any atom is -0.464 e. The number of benzene rings is 1. The minimum absolute atomic E-state index is 0.128. The zero-order valence-electron chi connectivity index (χ0n) is 10.7. The molecule has 1 amide bonds. The van der Waals surface area contributed by atoms with Crippen molar-refractivity contribution in [1.82, 2.24) is 0 Å². The van der Waals surface area contributed by atoms with Gasteiger partial charge in [0.15, 0.2) is 0 Å². The highest BCUT2D eigenvalue weighted by molar-refractivity contribution is 5.92. The van der Waals surface area contributed by atoms with Crippen LogP contribution in [0.25, 0.3) is 0 Å². The van der Waals surface area contributed by atoms with Gasteiger partial charge in [0, 0.05) is 18.1 Å². The van der Waals surface area contributed by atoms with Crippen molar-refractivity contribution < 1.29 is 14.3 Å². The molecular weight excluding hydrogens is 218 g/mol. The van der Waals surface area contributed by atoms with Crippen LogP contribution in [-0.4, -0.2) is 19.3 Å². The smallest absolute Gasteiger partial charge is 0.248 e. The van der Waals surface area contributed by atoms with E-state index >= 15 is 0 Å². The molecule has 4 heteroatoms. The SMILES string of the molecule is COC(Oc1ccc(C(N)=O)cc1)C(C)(C)C. The Labute approximate surface area is 102 Å². The van der Waals surface area contributed by atoms with E-state index in [2.05, 4.69) is 0 Å². The van der Waals surface area contributed by atoms with Crippen LogP contribution in [0, 0.1) is 5.41 Å². The van der Waals surface area contributed by atoms with Crippen molar-refractivity contribution in [2.45, 2.75) is 27.1 Å². The van der Waals surface area contributed by atoms with Crippen LogP contribution in [0.2, 0.25) is 0 Å². The van der Waals surface area contributed by atoms with E-state index in [1.807, 2.05) is 20.8 Å². The van der Waals surface area contributed by atoms with Crippen molar-refractivity contribution in [3.05, 3.63) is 29.8 Å². The highest BCUT2D eigenvalue weighted by Crippen LogP contribution is 2.25. The molecule has 1 aromatic carbocycles. The molecule has 1 aromatic rings. The molecule has 2 N–H and O–H groups in total. The summed E-state index contributed by atoms with van der Waals surface area (Å²) in [6, 6.07) is 6.68. The van der Waals surface area contributed by atoms with Gasteiger partial charge in [0.1, 0.15) is 5.75 Å². The second-order valence-electron chi connectivity index (χ2n) is 4.94. The summed E-state index contributed by atoms with van der Waals surface area (Å²) in [7, 11) is 1.60. The van der Waals surface area contributed by atoms with Crippen molar-refractivity contribution in [2.24, 2.45) is 11.1 Å². The lowest BCUT2D eigenvalue weighted by atomic mass is 9.96. The van der Waals surface area contributed by atoms with Crippen LogP contribution in [0.1, 0.15) is 31.1 Å². The predicted molar refractivity (Wildman–Crippen MR) is 65.8 cm³/mol. The number of methoxy groups -OCH3 is 1. The zero-order valence-corrected chi connectivity index (χ0v) is 10.7. The zero-order chi connectivity index (χ0) is 13.1. The molecule has 0 fully saturated rings. The first-order valence-electron chi connectivity index (χ1n) is 5.44. The molecule has 1 rings (SSSR count). The molecule has 0 saturated heterocycles. The third-order valence-corrected chi connectivity index (χ3v) is 2.30. The number of carbonyl (C=O) groups excluding carboxylic acids is 1. The molecule has 1 unspecified atom stereocenters. The van der Waals surface area contributed by atoms with Gasteiger partial charge in [-0.05, 0) is 24.3 Å². The maximum atomic E-state index is 10.9. The minimum atomic E-state index is -0.448. The van der Waals surface area contributed by atoms with Crippen LogP contribution < -0.4 is 10.5 Å². The number of carbonyl (C=O) groups is 1. The molecule has 0 aromatic heterocycles. The fourth-order valence-corrected chi connectivity index (χ4v) is 1.40. The van der Waals surface area contributed by atoms with E-state index in [1.165, 1.54) is 0 Å². The quantitative estimate of drug-likeness (QED) is 0.816. The predicted octanol–water partition coefficient (Wildman–Crippen LogP) is 2.18. The Hall–Kier alpha value is -1.55. The summed E-state index contributed by atoms with van der Waals surface area (Å²) in [5.41, 5.74) is 5.49. The molecule has 94 valence electrons. The second-order valence-corrected chi connectivity index (χ2v) is 4.94. The van der Waals surface area contributed by atoms with E-state index in [0.717, 1.165) is 0 Å². The summed E-state index contributed by atoms with van der Waals surface area (Å²) < 4.78 is 11.0. The van der Waals surface area contributed by atoms with Crippen LogP contribution in [0.3, 0.4) is 0 Å². The molecule has 0 saturated carbocycles. The molecule has 0 radical (unpaired) electrons. The number of nitrogens with two attached hydrogens (primary N) is 1. The molecule has 0 aliphatic rings. The van der Waals surface area contributed by atoms with Crippen molar-refractivity contribution in [1.29, 1.82) is 0 Å². The number of amides is 1. The lowest BCUT2D eigenvalue weighted by molar-refractivity contribution is -0.120. The molecular formula is C13H19NO3. The van der Waals surface area contributed by atoms with E-state index in [1.54, 1.807) is 31.4 Å². The number of ether oxygens (including phenoxy) is 2. The van der Waals surface area contributed by atoms with Gasteiger partial charge in [-0.2, -0.15) is 0 Å². The van der Waals surface area contributed by atoms with Gasteiger partial charge in [-0.15, -0.1) is 0 Å². The Morgan fingerprint density at radius 2 is 1.76 bits per heavy atom. The highest BCUT2D eigenvalue weighted by atomic mass is 16.7. The van der Waals surface area contributed by atoms with Crippen LogP contribution in [-0.2, 0) is 4.74 Å². The van der Waals surface area contributed by atoms with Crippen LogP contribution in [0.5, 0.6) is 5.75 Å². The van der Waals surface area contributed by atoms with Gasteiger partial charge in [-0.25, -0.2) is 0 Å². The number of hydrogen-bond donors (Lipinski definition) is 1. The topological polar surface area (TPSA) is 61.6 Å². The van der Waals surface area contributed by atoms with E-state index in [0.29, 0.717) is 11.3 Å². The molecule has 4 nitrogen and oxygen atoms in total. The van der Waals surface area contributed by atoms with E-state index in [-0.39, 0.29) is 11.7 Å². The van der Waals surface area contributed by atoms with Crippen LogP contribution in [0.15, 0.2) is 24.3 Å². The standard InChI is InChI=1S/C13H19NO3/c1-13(2,3)12(16-4)17-10-7-5-9(6-8-10)11(14)15/h5-8,12H,1-4H3,(H2,14,15). The second kappa shape index (κ2) is 5.19. The third-order valence-electron chi connectivity index (χ3n) is 2.30. The molecule has 1 atom stereocenters. The van der Waals surface area contributed by atoms with Crippen LogP contribution in [0.4, 0.5) is 0 Å². The molecule has 0 aliphatic heterocycles. The van der Waals surface area contributed by atoms with Crippen LogP contribution >= 0.6 is 0 Å². The lowest BCUT2D eigenvalue weighted by Crippen LogP contribution is -2.33. The first-order valence-corrected chi connectivity index (χ1v) is 5.44. The van der Waals surface area contributed by atoms with Crippen molar-refractivity contribution >= 4 is 5.91 Å². The molecule has 17 heavy (non-hydrogen) atoms. The fraction of sp³-hybridized carbons (Fsp3) is 0.462. The highest BCUT2D eigenvalue weighted by Gasteiger charge is 2.26. The Bertz CT molecular complexity index is 379. The summed E-state index contributed by atoms with van der Waals surface area (Å²) in [6.07, 6.45) is -0.345. The monoisotopic (exact) mass is 237 g/mol. The normalized spacial score (nSPS) is 13.2. The molecule has 0 spiro atoms. The summed E-state index contributed by atoms with van der Waals surface area (Å²) in [5.74, 6) is 0.201. The Morgan fingerprint density at radius 3 is 2.12 bits per heavy atom. The van der Waals surface area contributed by atoms with Crippen molar-refractivity contribution in [3.8, 4) is 5.75 Å². The van der Waals surface area contributed by atoms with Gasteiger partial charge >= 0.3 is 0 Å². The van der Waals surface area contributed by atoms with Gasteiger partial charge < -0.3 is 15.2 Å². The van der Waals surface area contributed by atoms with Crippen molar-refractivity contribution in [2.75, 3.05) is 7.11 Å². The number of primary amides is 1. The Kier molecular flexibility index (Phi) is 4.12. The van der Waals surface area contributed by atoms with Gasteiger partial charge in [0.25, 0.3) is 0 Å². The fourth-order valence-electron chi connectivity index (χ4n) is 1.40. The number of hydrogen-bond acceptors (Lipinski definition) is 3. The van der Waals surface area contributed by atoms with E-state index < -0.39 is 5.91 Å². The van der Waals surface area contributed by atoms with Crippen molar-refractivity contribution in [3.63, 3.8) is 0 Å². The average Bonchev–Trinajstić information content (AvgIpc) is 2.24. The summed E-state index contributed by atoms with van der Waals surface area (Å²) in [4.78, 5) is 10.9. The van der Waals surface area contributed by atoms with Gasteiger partial charge in [-0.3, -0.25) is 4.79 Å². The maximum Gasteiger partial charge on any atom is 0.248 e. The first-order chi connectivity index (χ1) is 7.84.